The minimum atomic E-state index is 0.00378. The van der Waals surface area contributed by atoms with Crippen molar-refractivity contribution in [1.29, 1.82) is 0 Å². The van der Waals surface area contributed by atoms with Crippen LogP contribution in [0.2, 0.25) is 5.02 Å². The van der Waals surface area contributed by atoms with Gasteiger partial charge in [0.2, 0.25) is 5.91 Å². The SMILES string of the molecule is O=C(CN1CCN(Cc2ccc(Cl)cc2)CC1)Nc1ccnn1Cc1cccs1. The number of halogens is 1. The van der Waals surface area contributed by atoms with Crippen LogP contribution in [0.1, 0.15) is 10.4 Å². The molecule has 0 radical (unpaired) electrons. The van der Waals surface area contributed by atoms with Crippen molar-refractivity contribution in [3.05, 3.63) is 69.5 Å². The molecule has 2 aromatic heterocycles. The minimum Gasteiger partial charge on any atom is -0.310 e. The lowest BCUT2D eigenvalue weighted by atomic mass is 10.2. The topological polar surface area (TPSA) is 53.4 Å². The molecule has 1 saturated heterocycles. The van der Waals surface area contributed by atoms with Crippen molar-refractivity contribution in [3.63, 3.8) is 0 Å². The van der Waals surface area contributed by atoms with Gasteiger partial charge in [-0.2, -0.15) is 5.10 Å². The molecule has 0 aliphatic carbocycles. The molecule has 0 saturated carbocycles. The zero-order valence-corrected chi connectivity index (χ0v) is 17.7. The van der Waals surface area contributed by atoms with E-state index >= 15 is 0 Å². The zero-order chi connectivity index (χ0) is 20.1. The Morgan fingerprint density at radius 2 is 1.79 bits per heavy atom. The number of hydrogen-bond acceptors (Lipinski definition) is 5. The molecule has 6 nitrogen and oxygen atoms in total. The van der Waals surface area contributed by atoms with Crippen LogP contribution in [0, 0.1) is 0 Å². The number of anilines is 1. The smallest absolute Gasteiger partial charge is 0.239 e. The van der Waals surface area contributed by atoms with E-state index in [1.54, 1.807) is 17.5 Å². The number of carbonyl (C=O) groups excluding carboxylic acids is 1. The molecule has 8 heteroatoms. The van der Waals surface area contributed by atoms with Gasteiger partial charge in [-0.3, -0.25) is 14.6 Å². The van der Waals surface area contributed by atoms with E-state index in [0.29, 0.717) is 13.1 Å². The number of carbonyl (C=O) groups is 1. The van der Waals surface area contributed by atoms with Crippen LogP contribution in [0.25, 0.3) is 0 Å². The molecule has 3 heterocycles. The maximum Gasteiger partial charge on any atom is 0.239 e. The van der Waals surface area contributed by atoms with Gasteiger partial charge in [-0.25, -0.2) is 4.68 Å². The van der Waals surface area contributed by atoms with E-state index < -0.39 is 0 Å². The summed E-state index contributed by atoms with van der Waals surface area (Å²) in [6, 6.07) is 13.9. The number of benzene rings is 1. The first-order valence-corrected chi connectivity index (χ1v) is 10.9. The molecule has 3 aromatic rings. The van der Waals surface area contributed by atoms with Gasteiger partial charge in [-0.05, 0) is 29.1 Å². The van der Waals surface area contributed by atoms with Crippen LogP contribution in [-0.2, 0) is 17.9 Å². The second kappa shape index (κ2) is 9.54. The van der Waals surface area contributed by atoms with E-state index in [-0.39, 0.29) is 5.91 Å². The summed E-state index contributed by atoms with van der Waals surface area (Å²) in [6.45, 7) is 5.66. The van der Waals surface area contributed by atoms with Crippen LogP contribution in [0.5, 0.6) is 0 Å². The standard InChI is InChI=1S/C21H24ClN5OS/c22-18-5-3-17(4-6-18)14-25-9-11-26(12-10-25)16-21(28)24-20-7-8-23-27(20)15-19-2-1-13-29-19/h1-8,13H,9-12,14-16H2,(H,24,28). The lowest BCUT2D eigenvalue weighted by molar-refractivity contribution is -0.117. The van der Waals surface area contributed by atoms with Crippen LogP contribution in [0.15, 0.2) is 54.0 Å². The fourth-order valence-corrected chi connectivity index (χ4v) is 4.27. The normalized spacial score (nSPS) is 15.5. The Labute approximate surface area is 179 Å². The number of aromatic nitrogens is 2. The Kier molecular flexibility index (Phi) is 6.61. The molecule has 1 aliphatic heterocycles. The molecule has 152 valence electrons. The Balaban J connectivity index is 1.23. The highest BCUT2D eigenvalue weighted by Gasteiger charge is 2.19. The van der Waals surface area contributed by atoms with Crippen molar-refractivity contribution in [3.8, 4) is 0 Å². The third kappa shape index (κ3) is 5.67. The van der Waals surface area contributed by atoms with E-state index in [1.165, 1.54) is 10.4 Å². The molecule has 1 aliphatic rings. The summed E-state index contributed by atoms with van der Waals surface area (Å²) in [6.07, 6.45) is 1.72. The van der Waals surface area contributed by atoms with Crippen molar-refractivity contribution >= 4 is 34.7 Å². The molecule has 0 atom stereocenters. The lowest BCUT2D eigenvalue weighted by Crippen LogP contribution is -2.48. The van der Waals surface area contributed by atoms with Gasteiger partial charge < -0.3 is 5.32 Å². The number of amides is 1. The van der Waals surface area contributed by atoms with Gasteiger partial charge in [-0.1, -0.05) is 29.8 Å². The minimum absolute atomic E-state index is 0.00378. The van der Waals surface area contributed by atoms with Crippen molar-refractivity contribution < 1.29 is 4.79 Å². The molecule has 29 heavy (non-hydrogen) atoms. The van der Waals surface area contributed by atoms with Gasteiger partial charge >= 0.3 is 0 Å². The predicted octanol–water partition coefficient (Wildman–Crippen LogP) is 3.40. The molecular formula is C21H24ClN5OS. The predicted molar refractivity (Wildman–Crippen MR) is 117 cm³/mol. The molecule has 0 unspecified atom stereocenters. The van der Waals surface area contributed by atoms with Gasteiger partial charge in [-0.15, -0.1) is 11.3 Å². The molecule has 1 aromatic carbocycles. The molecule has 1 N–H and O–H groups in total. The fourth-order valence-electron chi connectivity index (χ4n) is 3.45. The third-order valence-corrected chi connectivity index (χ3v) is 6.13. The zero-order valence-electron chi connectivity index (χ0n) is 16.1. The maximum absolute atomic E-state index is 12.5. The maximum atomic E-state index is 12.5. The first-order valence-electron chi connectivity index (χ1n) is 9.69. The van der Waals surface area contributed by atoms with Gasteiger partial charge in [0.15, 0.2) is 0 Å². The van der Waals surface area contributed by atoms with E-state index in [1.807, 2.05) is 34.3 Å². The van der Waals surface area contributed by atoms with E-state index in [0.717, 1.165) is 43.6 Å². The summed E-state index contributed by atoms with van der Waals surface area (Å²) in [7, 11) is 0. The molecule has 1 amide bonds. The van der Waals surface area contributed by atoms with Gasteiger partial charge in [0.05, 0.1) is 19.3 Å². The Morgan fingerprint density at radius 3 is 2.52 bits per heavy atom. The average Bonchev–Trinajstić information content (AvgIpc) is 3.38. The van der Waals surface area contributed by atoms with Gasteiger partial charge in [0.1, 0.15) is 5.82 Å². The quantitative estimate of drug-likeness (QED) is 0.625. The average molecular weight is 430 g/mol. The van der Waals surface area contributed by atoms with Crippen molar-refractivity contribution in [2.24, 2.45) is 0 Å². The summed E-state index contributed by atoms with van der Waals surface area (Å²) in [5, 5.41) is 10.1. The van der Waals surface area contributed by atoms with Gasteiger partial charge in [0, 0.05) is 48.7 Å². The first-order chi connectivity index (χ1) is 14.2. The molecule has 4 rings (SSSR count). The monoisotopic (exact) mass is 429 g/mol. The Morgan fingerprint density at radius 1 is 1.03 bits per heavy atom. The van der Waals surface area contributed by atoms with Crippen LogP contribution in [0.4, 0.5) is 5.82 Å². The summed E-state index contributed by atoms with van der Waals surface area (Å²) in [5.41, 5.74) is 1.26. The highest BCUT2D eigenvalue weighted by molar-refractivity contribution is 7.09. The lowest BCUT2D eigenvalue weighted by Gasteiger charge is -2.34. The van der Waals surface area contributed by atoms with E-state index in [4.69, 9.17) is 11.6 Å². The molecule has 1 fully saturated rings. The largest absolute Gasteiger partial charge is 0.310 e. The van der Waals surface area contributed by atoms with Crippen LogP contribution in [0.3, 0.4) is 0 Å². The van der Waals surface area contributed by atoms with E-state index in [2.05, 4.69) is 38.4 Å². The summed E-state index contributed by atoms with van der Waals surface area (Å²) < 4.78 is 1.83. The van der Waals surface area contributed by atoms with Gasteiger partial charge in [0.25, 0.3) is 0 Å². The Hall–Kier alpha value is -2.19. The number of thiophene rings is 1. The van der Waals surface area contributed by atoms with Crippen molar-refractivity contribution in [2.45, 2.75) is 13.1 Å². The van der Waals surface area contributed by atoms with Crippen LogP contribution in [-0.4, -0.2) is 58.2 Å². The summed E-state index contributed by atoms with van der Waals surface area (Å²) >= 11 is 7.64. The molecular weight excluding hydrogens is 406 g/mol. The van der Waals surface area contributed by atoms with Crippen LogP contribution >= 0.6 is 22.9 Å². The molecule has 0 spiro atoms. The highest BCUT2D eigenvalue weighted by atomic mass is 35.5. The number of nitrogens with one attached hydrogen (secondary N) is 1. The van der Waals surface area contributed by atoms with Crippen molar-refractivity contribution in [1.82, 2.24) is 19.6 Å². The van der Waals surface area contributed by atoms with Crippen molar-refractivity contribution in [2.75, 3.05) is 38.0 Å². The molecule has 0 bridgehead atoms. The fraction of sp³-hybridized carbons (Fsp3) is 0.333. The van der Waals surface area contributed by atoms with Crippen LogP contribution < -0.4 is 5.32 Å². The third-order valence-electron chi connectivity index (χ3n) is 5.02. The summed E-state index contributed by atoms with van der Waals surface area (Å²) in [5.74, 6) is 0.744. The number of hydrogen-bond donors (Lipinski definition) is 1. The van der Waals surface area contributed by atoms with E-state index in [9.17, 15) is 4.79 Å². The number of rotatable bonds is 7. The summed E-state index contributed by atoms with van der Waals surface area (Å²) in [4.78, 5) is 18.3. The Bertz CT molecular complexity index is 917. The first kappa shape index (κ1) is 20.1. The second-order valence-electron chi connectivity index (χ2n) is 7.18. The number of nitrogens with zero attached hydrogens (tertiary/aromatic N) is 4. The second-order valence-corrected chi connectivity index (χ2v) is 8.65. The highest BCUT2D eigenvalue weighted by Crippen LogP contribution is 2.15. The number of piperazine rings is 1.